The van der Waals surface area contributed by atoms with Crippen LogP contribution in [0.25, 0.3) is 10.9 Å². The Bertz CT molecular complexity index is 785. The molecule has 1 heterocycles. The number of pyridine rings is 1. The molecule has 1 aromatic heterocycles. The van der Waals surface area contributed by atoms with Crippen LogP contribution in [0.15, 0.2) is 29.1 Å². The number of methoxy groups -OCH3 is 1. The van der Waals surface area contributed by atoms with Gasteiger partial charge in [0.1, 0.15) is 5.75 Å². The highest BCUT2D eigenvalue weighted by molar-refractivity contribution is 5.80. The van der Waals surface area contributed by atoms with Crippen LogP contribution >= 0.6 is 0 Å². The first-order valence-electron chi connectivity index (χ1n) is 7.19. The Morgan fingerprint density at radius 3 is 2.36 bits per heavy atom. The Morgan fingerprint density at radius 1 is 1.28 bits per heavy atom. The Morgan fingerprint density at radius 2 is 1.88 bits per heavy atom. The number of nitrogens with one attached hydrogen (secondary N) is 1. The molecule has 0 radical (unpaired) electrons. The normalized spacial score (nSPS) is 11.2. The van der Waals surface area contributed by atoms with Crippen LogP contribution in [-0.2, 0) is 11.2 Å². The van der Waals surface area contributed by atoms with E-state index in [0.29, 0.717) is 0 Å². The summed E-state index contributed by atoms with van der Waals surface area (Å²) < 4.78 is 36.9. The van der Waals surface area contributed by atoms with Crippen LogP contribution in [0, 0.1) is 0 Å². The lowest BCUT2D eigenvalue weighted by atomic mass is 10.1. The van der Waals surface area contributed by atoms with E-state index >= 15 is 0 Å². The molecule has 0 unspecified atom stereocenters. The highest BCUT2D eigenvalue weighted by Gasteiger charge is 2.38. The summed E-state index contributed by atoms with van der Waals surface area (Å²) in [4.78, 5) is 25.8. The molecule has 0 amide bonds. The van der Waals surface area contributed by atoms with E-state index in [0.717, 1.165) is 35.2 Å². The summed E-state index contributed by atoms with van der Waals surface area (Å²) >= 11 is 0. The molecular formula is C16H19F3N2O4. The fourth-order valence-corrected chi connectivity index (χ4v) is 1.88. The van der Waals surface area contributed by atoms with E-state index in [2.05, 4.69) is 9.88 Å². The van der Waals surface area contributed by atoms with Gasteiger partial charge in [0.2, 0.25) is 0 Å². The standard InChI is InChI=1S/C14H18N2O2.C2HF3O2/c1-16(2)7-6-11-8-10-4-5-12(18-3)9-13(10)15-14(11)17;3-2(4,5)1(6)7/h4-5,8-9H,6-7H2,1-3H3,(H,15,17);(H,6,7). The number of hydrogen-bond donors (Lipinski definition) is 2. The van der Waals surface area contributed by atoms with E-state index in [1.165, 1.54) is 0 Å². The van der Waals surface area contributed by atoms with Crippen molar-refractivity contribution in [1.82, 2.24) is 9.88 Å². The molecule has 0 saturated carbocycles. The van der Waals surface area contributed by atoms with Gasteiger partial charge in [0.15, 0.2) is 0 Å². The largest absolute Gasteiger partial charge is 0.497 e. The number of carboxylic acids is 1. The number of likely N-dealkylation sites (N-methyl/N-ethyl adjacent to an activating group) is 1. The molecule has 138 valence electrons. The van der Waals surface area contributed by atoms with Gasteiger partial charge >= 0.3 is 12.1 Å². The number of ether oxygens (including phenoxy) is 1. The number of rotatable bonds is 4. The smallest absolute Gasteiger partial charge is 0.490 e. The van der Waals surface area contributed by atoms with E-state index in [-0.39, 0.29) is 5.56 Å². The predicted molar refractivity (Wildman–Crippen MR) is 87.1 cm³/mol. The number of aromatic amines is 1. The number of nitrogens with zero attached hydrogens (tertiary/aromatic N) is 1. The average molecular weight is 360 g/mol. The minimum atomic E-state index is -5.08. The minimum absolute atomic E-state index is 0.0161. The Labute approximate surface area is 141 Å². The van der Waals surface area contributed by atoms with Crippen molar-refractivity contribution in [3.05, 3.63) is 40.2 Å². The number of H-pyrrole nitrogens is 1. The van der Waals surface area contributed by atoms with Crippen LogP contribution in [0.5, 0.6) is 5.75 Å². The van der Waals surface area contributed by atoms with Crippen molar-refractivity contribution < 1.29 is 27.8 Å². The zero-order valence-electron chi connectivity index (χ0n) is 14.0. The van der Waals surface area contributed by atoms with E-state index in [1.807, 2.05) is 38.4 Å². The molecule has 0 fully saturated rings. The maximum atomic E-state index is 11.9. The van der Waals surface area contributed by atoms with Crippen molar-refractivity contribution >= 4 is 16.9 Å². The molecular weight excluding hydrogens is 341 g/mol. The lowest BCUT2D eigenvalue weighted by Crippen LogP contribution is -2.21. The van der Waals surface area contributed by atoms with Gasteiger partial charge in [-0.3, -0.25) is 4.79 Å². The van der Waals surface area contributed by atoms with Crippen LogP contribution < -0.4 is 10.3 Å². The SMILES string of the molecule is COc1ccc2cc(CCN(C)C)c(=O)[nH]c2c1.O=C(O)C(F)(F)F. The minimum Gasteiger partial charge on any atom is -0.497 e. The molecule has 2 aromatic rings. The zero-order chi connectivity index (χ0) is 19.2. The van der Waals surface area contributed by atoms with E-state index < -0.39 is 12.1 Å². The van der Waals surface area contributed by atoms with Crippen LogP contribution in [0.3, 0.4) is 0 Å². The van der Waals surface area contributed by atoms with Crippen molar-refractivity contribution in [3.8, 4) is 5.75 Å². The summed E-state index contributed by atoms with van der Waals surface area (Å²) in [5.41, 5.74) is 1.62. The highest BCUT2D eigenvalue weighted by Crippen LogP contribution is 2.18. The summed E-state index contributed by atoms with van der Waals surface area (Å²) in [6.07, 6.45) is -4.33. The molecule has 2 N–H and O–H groups in total. The third kappa shape index (κ3) is 6.46. The molecule has 0 aliphatic carbocycles. The first kappa shape index (κ1) is 20.5. The Balaban J connectivity index is 0.000000381. The van der Waals surface area contributed by atoms with Crippen molar-refractivity contribution in [2.24, 2.45) is 0 Å². The Kier molecular flexibility index (Phi) is 6.98. The van der Waals surface area contributed by atoms with Gasteiger partial charge < -0.3 is 19.7 Å². The van der Waals surface area contributed by atoms with Crippen molar-refractivity contribution in [2.75, 3.05) is 27.7 Å². The number of benzene rings is 1. The molecule has 9 heteroatoms. The van der Waals surface area contributed by atoms with Crippen molar-refractivity contribution in [2.45, 2.75) is 12.6 Å². The quantitative estimate of drug-likeness (QED) is 0.874. The highest BCUT2D eigenvalue weighted by atomic mass is 19.4. The van der Waals surface area contributed by atoms with Crippen LogP contribution in [0.2, 0.25) is 0 Å². The van der Waals surface area contributed by atoms with Gasteiger partial charge in [0.05, 0.1) is 12.6 Å². The summed E-state index contributed by atoms with van der Waals surface area (Å²) in [7, 11) is 5.62. The van der Waals surface area contributed by atoms with Crippen molar-refractivity contribution in [1.29, 1.82) is 0 Å². The lowest BCUT2D eigenvalue weighted by Gasteiger charge is -2.09. The van der Waals surface area contributed by atoms with E-state index in [9.17, 15) is 18.0 Å². The number of hydrogen-bond acceptors (Lipinski definition) is 4. The number of halogens is 3. The second-order valence-electron chi connectivity index (χ2n) is 5.43. The number of alkyl halides is 3. The molecule has 0 atom stereocenters. The number of carbonyl (C=O) groups is 1. The molecule has 2 rings (SSSR count). The second kappa shape index (κ2) is 8.52. The summed E-state index contributed by atoms with van der Waals surface area (Å²) in [6, 6.07) is 7.66. The van der Waals surface area contributed by atoms with Crippen LogP contribution in [0.4, 0.5) is 13.2 Å². The third-order valence-electron chi connectivity index (χ3n) is 3.20. The molecule has 0 aliphatic heterocycles. The van der Waals surface area contributed by atoms with E-state index in [4.69, 9.17) is 14.6 Å². The fourth-order valence-electron chi connectivity index (χ4n) is 1.88. The van der Waals surface area contributed by atoms with Gasteiger partial charge in [-0.1, -0.05) is 0 Å². The number of carboxylic acid groups (broad SMARTS) is 1. The van der Waals surface area contributed by atoms with Gasteiger partial charge in [-0.05, 0) is 44.1 Å². The third-order valence-corrected chi connectivity index (χ3v) is 3.20. The monoisotopic (exact) mass is 360 g/mol. The molecule has 0 aliphatic rings. The molecule has 0 saturated heterocycles. The first-order chi connectivity index (χ1) is 11.5. The van der Waals surface area contributed by atoms with Gasteiger partial charge in [-0.2, -0.15) is 13.2 Å². The number of aromatic nitrogens is 1. The summed E-state index contributed by atoms with van der Waals surface area (Å²) in [5.74, 6) is -2.01. The van der Waals surface area contributed by atoms with Gasteiger partial charge in [0, 0.05) is 18.2 Å². The topological polar surface area (TPSA) is 82.6 Å². The first-order valence-corrected chi connectivity index (χ1v) is 7.19. The molecule has 0 spiro atoms. The van der Waals surface area contributed by atoms with Gasteiger partial charge in [-0.15, -0.1) is 0 Å². The number of aliphatic carboxylic acids is 1. The van der Waals surface area contributed by atoms with E-state index in [1.54, 1.807) is 7.11 Å². The summed E-state index contributed by atoms with van der Waals surface area (Å²) in [6.45, 7) is 0.866. The average Bonchev–Trinajstić information content (AvgIpc) is 2.51. The number of fused-ring (bicyclic) bond motifs is 1. The summed E-state index contributed by atoms with van der Waals surface area (Å²) in [5, 5.41) is 8.16. The maximum Gasteiger partial charge on any atom is 0.490 e. The molecule has 1 aromatic carbocycles. The van der Waals surface area contributed by atoms with Gasteiger partial charge in [-0.25, -0.2) is 4.79 Å². The Hall–Kier alpha value is -2.55. The zero-order valence-corrected chi connectivity index (χ0v) is 14.0. The van der Waals surface area contributed by atoms with Crippen molar-refractivity contribution in [3.63, 3.8) is 0 Å². The predicted octanol–water partition coefficient (Wildman–Crippen LogP) is 2.27. The van der Waals surface area contributed by atoms with Crippen LogP contribution in [-0.4, -0.2) is 54.9 Å². The van der Waals surface area contributed by atoms with Gasteiger partial charge in [0.25, 0.3) is 5.56 Å². The second-order valence-corrected chi connectivity index (χ2v) is 5.43. The molecule has 0 bridgehead atoms. The van der Waals surface area contributed by atoms with Crippen LogP contribution in [0.1, 0.15) is 5.56 Å². The lowest BCUT2D eigenvalue weighted by molar-refractivity contribution is -0.192. The molecule has 6 nitrogen and oxygen atoms in total. The fraction of sp³-hybridized carbons (Fsp3) is 0.375. The maximum absolute atomic E-state index is 11.9. The molecule has 25 heavy (non-hydrogen) atoms.